The highest BCUT2D eigenvalue weighted by Gasteiger charge is 2.13. The van der Waals surface area contributed by atoms with Gasteiger partial charge in [0.15, 0.2) is 5.78 Å². The molecular formula is C17H20BrNOS. The van der Waals surface area contributed by atoms with E-state index >= 15 is 0 Å². The molecule has 0 amide bonds. The summed E-state index contributed by atoms with van der Waals surface area (Å²) in [6.07, 6.45) is 0.561. The first-order valence-corrected chi connectivity index (χ1v) is 8.78. The summed E-state index contributed by atoms with van der Waals surface area (Å²) in [5.74, 6) is 0.208. The van der Waals surface area contributed by atoms with E-state index in [0.29, 0.717) is 12.5 Å². The fourth-order valence-corrected chi connectivity index (χ4v) is 3.14. The number of benzene rings is 1. The van der Waals surface area contributed by atoms with Gasteiger partial charge in [-0.1, -0.05) is 34.1 Å². The largest absolute Gasteiger partial charge is 0.295 e. The van der Waals surface area contributed by atoms with Gasteiger partial charge in [-0.2, -0.15) is 0 Å². The maximum absolute atomic E-state index is 12.2. The number of ketones is 1. The molecule has 0 bridgehead atoms. The maximum Gasteiger partial charge on any atom is 0.164 e. The van der Waals surface area contributed by atoms with E-state index in [1.54, 1.807) is 11.3 Å². The summed E-state index contributed by atoms with van der Waals surface area (Å²) in [5, 5.41) is 2.10. The summed E-state index contributed by atoms with van der Waals surface area (Å²) >= 11 is 5.16. The lowest BCUT2D eigenvalue weighted by Gasteiger charge is -2.25. The standard InChI is InChI=1S/C17H20BrNOS/c1-13(2)19(12-16-4-3-11-21-16)10-9-17(20)14-5-7-15(18)8-6-14/h3-8,11,13H,9-10,12H2,1-2H3. The van der Waals surface area contributed by atoms with Crippen molar-refractivity contribution in [3.63, 3.8) is 0 Å². The number of hydrogen-bond acceptors (Lipinski definition) is 3. The molecule has 0 saturated carbocycles. The van der Waals surface area contributed by atoms with Gasteiger partial charge in [0.1, 0.15) is 0 Å². The van der Waals surface area contributed by atoms with Crippen molar-refractivity contribution >= 4 is 33.0 Å². The van der Waals surface area contributed by atoms with Crippen molar-refractivity contribution in [3.05, 3.63) is 56.7 Å². The predicted octanol–water partition coefficient (Wildman–Crippen LogP) is 4.99. The van der Waals surface area contributed by atoms with Gasteiger partial charge in [0.2, 0.25) is 0 Å². The third kappa shape index (κ3) is 5.06. The highest BCUT2D eigenvalue weighted by Crippen LogP contribution is 2.16. The minimum atomic E-state index is 0.208. The van der Waals surface area contributed by atoms with Crippen LogP contribution in [-0.2, 0) is 6.54 Å². The van der Waals surface area contributed by atoms with E-state index in [0.717, 1.165) is 23.1 Å². The minimum Gasteiger partial charge on any atom is -0.295 e. The second-order valence-electron chi connectivity index (χ2n) is 5.32. The van der Waals surface area contributed by atoms with Crippen LogP contribution in [0.3, 0.4) is 0 Å². The van der Waals surface area contributed by atoms with Crippen LogP contribution in [0, 0.1) is 0 Å². The normalized spacial score (nSPS) is 11.3. The Morgan fingerprint density at radius 3 is 2.52 bits per heavy atom. The zero-order valence-corrected chi connectivity index (χ0v) is 14.8. The van der Waals surface area contributed by atoms with E-state index in [4.69, 9.17) is 0 Å². The summed E-state index contributed by atoms with van der Waals surface area (Å²) in [4.78, 5) is 15.9. The van der Waals surface area contributed by atoms with E-state index in [-0.39, 0.29) is 5.78 Å². The second-order valence-corrected chi connectivity index (χ2v) is 7.27. The van der Waals surface area contributed by atoms with Crippen LogP contribution in [0.5, 0.6) is 0 Å². The number of rotatable bonds is 7. The lowest BCUT2D eigenvalue weighted by Crippen LogP contribution is -2.32. The number of thiophene rings is 1. The molecular weight excluding hydrogens is 346 g/mol. The molecule has 2 rings (SSSR count). The Morgan fingerprint density at radius 1 is 1.24 bits per heavy atom. The Labute approximate surface area is 138 Å². The summed E-state index contributed by atoms with van der Waals surface area (Å²) in [7, 11) is 0. The monoisotopic (exact) mass is 365 g/mol. The number of carbonyl (C=O) groups excluding carboxylic acids is 1. The quantitative estimate of drug-likeness (QED) is 0.643. The van der Waals surface area contributed by atoms with Crippen LogP contribution >= 0.6 is 27.3 Å². The smallest absolute Gasteiger partial charge is 0.164 e. The molecule has 4 heteroatoms. The molecule has 21 heavy (non-hydrogen) atoms. The Morgan fingerprint density at radius 2 is 1.95 bits per heavy atom. The summed E-state index contributed by atoms with van der Waals surface area (Å²) in [6, 6.07) is 12.3. The molecule has 0 radical (unpaired) electrons. The fourth-order valence-electron chi connectivity index (χ4n) is 2.15. The van der Waals surface area contributed by atoms with Gasteiger partial charge in [-0.25, -0.2) is 0 Å². The van der Waals surface area contributed by atoms with E-state index in [1.807, 2.05) is 24.3 Å². The van der Waals surface area contributed by atoms with Gasteiger partial charge in [0, 0.05) is 40.5 Å². The van der Waals surface area contributed by atoms with Crippen LogP contribution < -0.4 is 0 Å². The molecule has 0 aliphatic heterocycles. The highest BCUT2D eigenvalue weighted by atomic mass is 79.9. The summed E-state index contributed by atoms with van der Waals surface area (Å²) in [5.41, 5.74) is 0.790. The van der Waals surface area contributed by atoms with E-state index in [2.05, 4.69) is 52.2 Å². The number of hydrogen-bond donors (Lipinski definition) is 0. The Kier molecular flexibility index (Phi) is 6.15. The zero-order chi connectivity index (χ0) is 15.2. The van der Waals surface area contributed by atoms with Crippen LogP contribution in [0.2, 0.25) is 0 Å². The average Bonchev–Trinajstić information content (AvgIpc) is 2.96. The Balaban J connectivity index is 1.92. The van der Waals surface area contributed by atoms with Crippen molar-refractivity contribution in [1.82, 2.24) is 4.90 Å². The molecule has 0 aliphatic carbocycles. The lowest BCUT2D eigenvalue weighted by molar-refractivity contribution is 0.0953. The van der Waals surface area contributed by atoms with Crippen molar-refractivity contribution in [2.24, 2.45) is 0 Å². The molecule has 0 atom stereocenters. The predicted molar refractivity (Wildman–Crippen MR) is 93.0 cm³/mol. The SMILES string of the molecule is CC(C)N(CCC(=O)c1ccc(Br)cc1)Cc1cccs1. The molecule has 0 saturated heterocycles. The van der Waals surface area contributed by atoms with Crippen LogP contribution in [0.15, 0.2) is 46.3 Å². The van der Waals surface area contributed by atoms with Gasteiger partial charge in [-0.05, 0) is 37.4 Å². The second kappa shape index (κ2) is 7.87. The van der Waals surface area contributed by atoms with Crippen LogP contribution in [0.25, 0.3) is 0 Å². The third-order valence-electron chi connectivity index (χ3n) is 3.46. The first-order valence-electron chi connectivity index (χ1n) is 7.11. The number of Topliss-reactive ketones (excluding diaryl/α,β-unsaturated/α-hetero) is 1. The molecule has 112 valence electrons. The van der Waals surface area contributed by atoms with Gasteiger partial charge in [-0.3, -0.25) is 9.69 Å². The number of nitrogens with zero attached hydrogens (tertiary/aromatic N) is 1. The molecule has 0 N–H and O–H groups in total. The average molecular weight is 366 g/mol. The van der Waals surface area contributed by atoms with Gasteiger partial charge in [0.05, 0.1) is 0 Å². The van der Waals surface area contributed by atoms with Crippen molar-refractivity contribution < 1.29 is 4.79 Å². The molecule has 0 fully saturated rings. The van der Waals surface area contributed by atoms with Crippen LogP contribution in [0.1, 0.15) is 35.5 Å². The highest BCUT2D eigenvalue weighted by molar-refractivity contribution is 9.10. The third-order valence-corrected chi connectivity index (χ3v) is 4.85. The zero-order valence-electron chi connectivity index (χ0n) is 12.4. The molecule has 2 nitrogen and oxygen atoms in total. The molecule has 2 aromatic rings. The minimum absolute atomic E-state index is 0.208. The Hall–Kier alpha value is -0.970. The van der Waals surface area contributed by atoms with Crippen molar-refractivity contribution in [2.75, 3.05) is 6.54 Å². The van der Waals surface area contributed by atoms with Gasteiger partial charge in [-0.15, -0.1) is 11.3 Å². The van der Waals surface area contributed by atoms with Crippen LogP contribution in [0.4, 0.5) is 0 Å². The first kappa shape index (κ1) is 16.4. The lowest BCUT2D eigenvalue weighted by atomic mass is 10.1. The molecule has 0 aliphatic rings. The van der Waals surface area contributed by atoms with Crippen molar-refractivity contribution in [3.8, 4) is 0 Å². The topological polar surface area (TPSA) is 20.3 Å². The number of carbonyl (C=O) groups is 1. The van der Waals surface area contributed by atoms with E-state index < -0.39 is 0 Å². The molecule has 1 heterocycles. The summed E-state index contributed by atoms with van der Waals surface area (Å²) in [6.45, 7) is 6.07. The summed E-state index contributed by atoms with van der Waals surface area (Å²) < 4.78 is 1.00. The van der Waals surface area contributed by atoms with E-state index in [1.165, 1.54) is 4.88 Å². The Bertz CT molecular complexity index is 563. The maximum atomic E-state index is 12.2. The van der Waals surface area contributed by atoms with Gasteiger partial charge >= 0.3 is 0 Å². The van der Waals surface area contributed by atoms with Gasteiger partial charge in [0.25, 0.3) is 0 Å². The van der Waals surface area contributed by atoms with E-state index in [9.17, 15) is 4.79 Å². The van der Waals surface area contributed by atoms with Gasteiger partial charge < -0.3 is 0 Å². The molecule has 0 unspecified atom stereocenters. The number of halogens is 1. The first-order chi connectivity index (χ1) is 10.1. The van der Waals surface area contributed by atoms with Crippen molar-refractivity contribution in [2.45, 2.75) is 32.9 Å². The fraction of sp³-hybridized carbons (Fsp3) is 0.353. The molecule has 1 aromatic heterocycles. The molecule has 1 aromatic carbocycles. The van der Waals surface area contributed by atoms with Crippen molar-refractivity contribution in [1.29, 1.82) is 0 Å². The van der Waals surface area contributed by atoms with Crippen LogP contribution in [-0.4, -0.2) is 23.3 Å². The molecule has 0 spiro atoms.